The predicted molar refractivity (Wildman–Crippen MR) is 119 cm³/mol. The average Bonchev–Trinajstić information content (AvgIpc) is 3.36. The van der Waals surface area contributed by atoms with E-state index in [9.17, 15) is 22.4 Å². The summed E-state index contributed by atoms with van der Waals surface area (Å²) >= 11 is 0. The normalized spacial score (nSPS) is 15.9. The van der Waals surface area contributed by atoms with E-state index in [2.05, 4.69) is 4.90 Å². The number of halogens is 4. The number of furan rings is 1. The molecule has 8 heteroatoms. The van der Waals surface area contributed by atoms with Crippen molar-refractivity contribution in [1.29, 1.82) is 0 Å². The van der Waals surface area contributed by atoms with Crippen molar-refractivity contribution in [3.8, 4) is 0 Å². The molecule has 0 bridgehead atoms. The molecule has 2 heterocycles. The molecular formula is C26H26F4N2O2. The molecule has 3 aromatic rings. The van der Waals surface area contributed by atoms with Crippen LogP contribution in [0.4, 0.5) is 17.6 Å². The van der Waals surface area contributed by atoms with E-state index >= 15 is 0 Å². The van der Waals surface area contributed by atoms with Crippen molar-refractivity contribution in [3.05, 3.63) is 95.0 Å². The molecule has 1 atom stereocenters. The number of carbonyl (C=O) groups excluding carboxylic acids is 1. The second kappa shape index (κ2) is 10.4. The number of piperidine rings is 1. The van der Waals surface area contributed by atoms with E-state index in [1.807, 2.05) is 0 Å². The first kappa shape index (κ1) is 24.0. The van der Waals surface area contributed by atoms with Crippen LogP contribution in [0.15, 0.2) is 59.2 Å². The van der Waals surface area contributed by atoms with Crippen molar-refractivity contribution in [1.82, 2.24) is 9.80 Å². The van der Waals surface area contributed by atoms with Crippen LogP contribution in [0, 0.1) is 29.2 Å². The molecule has 0 spiro atoms. The maximum absolute atomic E-state index is 14.5. The monoisotopic (exact) mass is 474 g/mol. The fourth-order valence-corrected chi connectivity index (χ4v) is 4.65. The fraction of sp³-hybridized carbons (Fsp3) is 0.346. The first-order valence-corrected chi connectivity index (χ1v) is 11.2. The molecule has 4 nitrogen and oxygen atoms in total. The summed E-state index contributed by atoms with van der Waals surface area (Å²) in [5, 5.41) is 0. The molecule has 0 radical (unpaired) electrons. The summed E-state index contributed by atoms with van der Waals surface area (Å²) in [4.78, 5) is 16.7. The lowest BCUT2D eigenvalue weighted by molar-refractivity contribution is 0.0554. The second-order valence-electron chi connectivity index (χ2n) is 8.76. The lowest BCUT2D eigenvalue weighted by atomic mass is 9.84. The van der Waals surface area contributed by atoms with Gasteiger partial charge in [0.15, 0.2) is 17.4 Å². The number of likely N-dealkylation sites (tertiary alicyclic amines) is 1. The maximum Gasteiger partial charge on any atom is 0.289 e. The quantitative estimate of drug-likeness (QED) is 0.429. The number of hydrogen-bond acceptors (Lipinski definition) is 3. The molecule has 0 saturated carbocycles. The van der Waals surface area contributed by atoms with E-state index in [1.165, 1.54) is 24.5 Å². The summed E-state index contributed by atoms with van der Waals surface area (Å²) in [5.74, 6) is -3.07. The van der Waals surface area contributed by atoms with Crippen molar-refractivity contribution in [3.63, 3.8) is 0 Å². The molecular weight excluding hydrogens is 448 g/mol. The Morgan fingerprint density at radius 2 is 1.79 bits per heavy atom. The number of benzene rings is 2. The Morgan fingerprint density at radius 1 is 1.03 bits per heavy atom. The fourth-order valence-electron chi connectivity index (χ4n) is 4.65. The third kappa shape index (κ3) is 5.50. The van der Waals surface area contributed by atoms with Crippen LogP contribution in [0.25, 0.3) is 0 Å². The Hall–Kier alpha value is -3.13. The van der Waals surface area contributed by atoms with Crippen molar-refractivity contribution in [2.75, 3.05) is 20.1 Å². The minimum atomic E-state index is -0.873. The number of nitrogens with zero attached hydrogens (tertiary/aromatic N) is 2. The van der Waals surface area contributed by atoms with Gasteiger partial charge in [-0.05, 0) is 79.7 Å². The first-order valence-electron chi connectivity index (χ1n) is 11.2. The highest BCUT2D eigenvalue weighted by atomic mass is 19.2. The number of carbonyl (C=O) groups is 1. The molecule has 180 valence electrons. The highest BCUT2D eigenvalue weighted by molar-refractivity contribution is 5.91. The van der Waals surface area contributed by atoms with Gasteiger partial charge in [0.2, 0.25) is 0 Å². The van der Waals surface area contributed by atoms with E-state index in [1.54, 1.807) is 30.1 Å². The summed E-state index contributed by atoms with van der Waals surface area (Å²) in [5.41, 5.74) is 1.03. The van der Waals surface area contributed by atoms with E-state index in [0.717, 1.165) is 25.0 Å². The molecule has 1 aliphatic heterocycles. The largest absolute Gasteiger partial charge is 0.459 e. The Kier molecular flexibility index (Phi) is 7.36. The lowest BCUT2D eigenvalue weighted by Crippen LogP contribution is -2.47. The van der Waals surface area contributed by atoms with E-state index in [0.29, 0.717) is 30.8 Å². The van der Waals surface area contributed by atoms with Crippen molar-refractivity contribution in [2.45, 2.75) is 31.8 Å². The number of amides is 1. The molecule has 4 rings (SSSR count). The standard InChI is InChI=1S/C26H26F4N2O2/c1-31(26(33)25-3-2-12-34-25)24(14-19-5-6-20(27)15-22(19)29)18-8-10-32(11-9-18)16-17-4-7-21(28)23(30)13-17/h2-7,12-13,15,18,24H,8-11,14,16H2,1H3. The molecule has 0 aliphatic carbocycles. The Bertz CT molecular complexity index is 1130. The summed E-state index contributed by atoms with van der Waals surface area (Å²) in [6.07, 6.45) is 3.12. The zero-order chi connectivity index (χ0) is 24.2. The zero-order valence-electron chi connectivity index (χ0n) is 18.8. The molecule has 1 fully saturated rings. The van der Waals surface area contributed by atoms with E-state index in [-0.39, 0.29) is 30.0 Å². The van der Waals surface area contributed by atoms with Gasteiger partial charge in [-0.2, -0.15) is 0 Å². The van der Waals surface area contributed by atoms with Crippen LogP contribution >= 0.6 is 0 Å². The van der Waals surface area contributed by atoms with Crippen LogP contribution in [0.3, 0.4) is 0 Å². The Labute approximate surface area is 195 Å². The van der Waals surface area contributed by atoms with Crippen molar-refractivity contribution >= 4 is 5.91 Å². The summed E-state index contributed by atoms with van der Waals surface area (Å²) < 4.78 is 59.9. The Morgan fingerprint density at radius 3 is 2.44 bits per heavy atom. The van der Waals surface area contributed by atoms with Crippen LogP contribution < -0.4 is 0 Å². The molecule has 2 aromatic carbocycles. The average molecular weight is 474 g/mol. The predicted octanol–water partition coefficient (Wildman–Crippen LogP) is 5.43. The maximum atomic E-state index is 14.5. The molecule has 1 aliphatic rings. The van der Waals surface area contributed by atoms with Gasteiger partial charge in [0.1, 0.15) is 11.6 Å². The van der Waals surface area contributed by atoms with Crippen molar-refractivity contribution in [2.24, 2.45) is 5.92 Å². The van der Waals surface area contributed by atoms with Gasteiger partial charge in [0.05, 0.1) is 6.26 Å². The van der Waals surface area contributed by atoms with Gasteiger partial charge in [0.25, 0.3) is 5.91 Å². The van der Waals surface area contributed by atoms with E-state index < -0.39 is 23.3 Å². The van der Waals surface area contributed by atoms with Crippen LogP contribution in [-0.4, -0.2) is 41.9 Å². The topological polar surface area (TPSA) is 36.7 Å². The zero-order valence-corrected chi connectivity index (χ0v) is 18.8. The molecule has 1 amide bonds. The number of likely N-dealkylation sites (N-methyl/N-ethyl adjacent to an activating group) is 1. The Balaban J connectivity index is 1.48. The second-order valence-corrected chi connectivity index (χ2v) is 8.76. The van der Waals surface area contributed by atoms with Crippen LogP contribution in [0.5, 0.6) is 0 Å². The van der Waals surface area contributed by atoms with E-state index in [4.69, 9.17) is 4.42 Å². The molecule has 1 unspecified atom stereocenters. The van der Waals surface area contributed by atoms with Gasteiger partial charge in [-0.15, -0.1) is 0 Å². The summed E-state index contributed by atoms with van der Waals surface area (Å²) in [6.45, 7) is 1.87. The summed E-state index contributed by atoms with van der Waals surface area (Å²) in [7, 11) is 1.67. The SMILES string of the molecule is CN(C(=O)c1ccco1)C(Cc1ccc(F)cc1F)C1CCN(Cc2ccc(F)c(F)c2)CC1. The van der Waals surface area contributed by atoms with Crippen LogP contribution in [0.1, 0.15) is 34.5 Å². The molecule has 1 saturated heterocycles. The third-order valence-corrected chi connectivity index (χ3v) is 6.56. The van der Waals surface area contributed by atoms with Crippen LogP contribution in [-0.2, 0) is 13.0 Å². The molecule has 0 N–H and O–H groups in total. The van der Waals surface area contributed by atoms with Crippen molar-refractivity contribution < 1.29 is 26.8 Å². The van der Waals surface area contributed by atoms with Gasteiger partial charge in [-0.25, -0.2) is 17.6 Å². The van der Waals surface area contributed by atoms with Gasteiger partial charge in [-0.1, -0.05) is 12.1 Å². The van der Waals surface area contributed by atoms with Gasteiger partial charge in [0, 0.05) is 25.7 Å². The number of rotatable bonds is 7. The highest BCUT2D eigenvalue weighted by Crippen LogP contribution is 2.29. The summed E-state index contributed by atoms with van der Waals surface area (Å²) in [6, 6.07) is 10.3. The lowest BCUT2D eigenvalue weighted by Gasteiger charge is -2.40. The number of hydrogen-bond donors (Lipinski definition) is 0. The minimum Gasteiger partial charge on any atom is -0.459 e. The third-order valence-electron chi connectivity index (χ3n) is 6.56. The van der Waals surface area contributed by atoms with Crippen LogP contribution in [0.2, 0.25) is 0 Å². The van der Waals surface area contributed by atoms with Gasteiger partial charge >= 0.3 is 0 Å². The highest BCUT2D eigenvalue weighted by Gasteiger charge is 2.33. The molecule has 1 aromatic heterocycles. The minimum absolute atomic E-state index is 0.0644. The van der Waals surface area contributed by atoms with Gasteiger partial charge in [-0.3, -0.25) is 9.69 Å². The molecule has 34 heavy (non-hydrogen) atoms. The van der Waals surface area contributed by atoms with Gasteiger partial charge < -0.3 is 9.32 Å². The first-order chi connectivity index (χ1) is 16.3. The smallest absolute Gasteiger partial charge is 0.289 e.